The smallest absolute Gasteiger partial charge is 0.221 e. The van der Waals surface area contributed by atoms with Crippen molar-refractivity contribution in [1.82, 2.24) is 15.0 Å². The standard InChI is InChI=1S/C24H25N9O2/c1-35-23-15(11-25)4-2-6-18(23)19-10-20(31-24(26)30-19)21(32-27)13-28-12-16-5-3-7-22(29-16)33-9-8-17(34)14-33/h2-7,10,13,17,34H,8-9,12,14,27H2,1H3,(H2,26,30,31)/t17-/m1/s1. The third kappa shape index (κ3) is 5.34. The molecule has 0 radical (unpaired) electrons. The van der Waals surface area contributed by atoms with Gasteiger partial charge >= 0.3 is 0 Å². The van der Waals surface area contributed by atoms with E-state index in [4.69, 9.17) is 16.3 Å². The number of aromatic nitrogens is 3. The normalized spacial score (nSPS) is 16.0. The maximum Gasteiger partial charge on any atom is 0.221 e. The summed E-state index contributed by atoms with van der Waals surface area (Å²) in [5, 5.41) is 23.0. The minimum absolute atomic E-state index is 0.0126. The summed E-state index contributed by atoms with van der Waals surface area (Å²) in [5.74, 6) is 6.83. The molecule has 0 saturated carbocycles. The number of methoxy groups -OCH3 is 1. The summed E-state index contributed by atoms with van der Waals surface area (Å²) in [4.78, 5) is 19.6. The summed E-state index contributed by atoms with van der Waals surface area (Å²) in [6.45, 7) is 1.64. The number of aliphatic imine (C=N–C) groups is 1. The predicted molar refractivity (Wildman–Crippen MR) is 133 cm³/mol. The van der Waals surface area contributed by atoms with Gasteiger partial charge in [-0.15, -0.1) is 0 Å². The van der Waals surface area contributed by atoms with Crippen LogP contribution < -0.4 is 21.2 Å². The van der Waals surface area contributed by atoms with Crippen LogP contribution in [0.3, 0.4) is 0 Å². The van der Waals surface area contributed by atoms with Crippen LogP contribution in [0.4, 0.5) is 11.8 Å². The van der Waals surface area contributed by atoms with Crippen molar-refractivity contribution in [3.8, 4) is 23.1 Å². The van der Waals surface area contributed by atoms with Crippen LogP contribution in [0.1, 0.15) is 23.4 Å². The first-order valence-corrected chi connectivity index (χ1v) is 10.9. The Hall–Kier alpha value is -4.56. The Kier molecular flexibility index (Phi) is 7.13. The Morgan fingerprint density at radius 2 is 2.11 bits per heavy atom. The molecular formula is C24H25N9O2. The number of benzene rings is 1. The summed E-state index contributed by atoms with van der Waals surface area (Å²) in [6, 6.07) is 14.6. The molecule has 0 amide bonds. The fraction of sp³-hybridized carbons (Fsp3) is 0.250. The Morgan fingerprint density at radius 3 is 2.83 bits per heavy atom. The first-order chi connectivity index (χ1) is 17.0. The number of rotatable bonds is 7. The van der Waals surface area contributed by atoms with E-state index in [0.717, 1.165) is 24.5 Å². The highest BCUT2D eigenvalue weighted by atomic mass is 16.5. The summed E-state index contributed by atoms with van der Waals surface area (Å²) >= 11 is 0. The van der Waals surface area contributed by atoms with Crippen molar-refractivity contribution in [2.45, 2.75) is 19.1 Å². The number of aliphatic hydroxyl groups is 1. The zero-order chi connectivity index (χ0) is 24.8. The van der Waals surface area contributed by atoms with Gasteiger partial charge in [0.1, 0.15) is 23.3 Å². The topological polar surface area (TPSA) is 172 Å². The van der Waals surface area contributed by atoms with Crippen LogP contribution >= 0.6 is 0 Å². The molecule has 1 aliphatic heterocycles. The highest BCUT2D eigenvalue weighted by Crippen LogP contribution is 2.32. The molecule has 1 aromatic carbocycles. The number of nitrogens with zero attached hydrogens (tertiary/aromatic N) is 7. The molecule has 3 aromatic rings. The molecule has 1 saturated heterocycles. The van der Waals surface area contributed by atoms with E-state index in [1.165, 1.54) is 13.3 Å². The number of hydrazone groups is 1. The highest BCUT2D eigenvalue weighted by molar-refractivity contribution is 6.37. The van der Waals surface area contributed by atoms with Crippen LogP contribution in [-0.4, -0.2) is 58.3 Å². The van der Waals surface area contributed by atoms with Crippen LogP contribution in [0.5, 0.6) is 5.75 Å². The number of aliphatic hydroxyl groups excluding tert-OH is 1. The molecule has 0 spiro atoms. The largest absolute Gasteiger partial charge is 0.495 e. The van der Waals surface area contributed by atoms with E-state index in [1.807, 2.05) is 23.1 Å². The first-order valence-electron chi connectivity index (χ1n) is 10.9. The lowest BCUT2D eigenvalue weighted by molar-refractivity contribution is 0.198. The van der Waals surface area contributed by atoms with Crippen LogP contribution in [0, 0.1) is 11.3 Å². The monoisotopic (exact) mass is 471 g/mol. The van der Waals surface area contributed by atoms with Crippen molar-refractivity contribution in [2.24, 2.45) is 15.9 Å². The van der Waals surface area contributed by atoms with E-state index in [0.29, 0.717) is 47.1 Å². The Morgan fingerprint density at radius 1 is 1.29 bits per heavy atom. The number of nitrogen functional groups attached to an aromatic ring is 1. The Labute approximate surface area is 202 Å². The predicted octanol–water partition coefficient (Wildman–Crippen LogP) is 1.51. The van der Waals surface area contributed by atoms with Gasteiger partial charge in [-0.25, -0.2) is 15.0 Å². The molecule has 35 heavy (non-hydrogen) atoms. The van der Waals surface area contributed by atoms with Crippen molar-refractivity contribution in [3.63, 3.8) is 0 Å². The molecule has 4 rings (SSSR count). The molecule has 0 bridgehead atoms. The van der Waals surface area contributed by atoms with E-state index in [2.05, 4.69) is 31.1 Å². The Balaban J connectivity index is 1.56. The maximum absolute atomic E-state index is 9.78. The lowest BCUT2D eigenvalue weighted by Crippen LogP contribution is -2.22. The average Bonchev–Trinajstić information content (AvgIpc) is 3.32. The lowest BCUT2D eigenvalue weighted by Gasteiger charge is -2.16. The number of anilines is 2. The van der Waals surface area contributed by atoms with E-state index in [9.17, 15) is 10.4 Å². The van der Waals surface area contributed by atoms with Crippen LogP contribution in [-0.2, 0) is 6.54 Å². The van der Waals surface area contributed by atoms with Gasteiger partial charge in [0.15, 0.2) is 0 Å². The van der Waals surface area contributed by atoms with Gasteiger partial charge in [0.05, 0.1) is 48.6 Å². The minimum atomic E-state index is -0.325. The second kappa shape index (κ2) is 10.6. The van der Waals surface area contributed by atoms with Gasteiger partial charge in [0, 0.05) is 18.7 Å². The molecule has 178 valence electrons. The van der Waals surface area contributed by atoms with E-state index in [1.54, 1.807) is 24.3 Å². The molecule has 5 N–H and O–H groups in total. The fourth-order valence-corrected chi connectivity index (χ4v) is 3.85. The fourth-order valence-electron chi connectivity index (χ4n) is 3.85. The third-order valence-electron chi connectivity index (χ3n) is 5.51. The maximum atomic E-state index is 9.78. The van der Waals surface area contributed by atoms with E-state index >= 15 is 0 Å². The number of hydrogen-bond donors (Lipinski definition) is 3. The second-order valence-electron chi connectivity index (χ2n) is 7.85. The molecule has 0 unspecified atom stereocenters. The van der Waals surface area contributed by atoms with Gasteiger partial charge in [-0.2, -0.15) is 10.4 Å². The summed E-state index contributed by atoms with van der Waals surface area (Å²) in [6.07, 6.45) is 1.91. The second-order valence-corrected chi connectivity index (χ2v) is 7.85. The molecule has 11 nitrogen and oxygen atoms in total. The third-order valence-corrected chi connectivity index (χ3v) is 5.51. The minimum Gasteiger partial charge on any atom is -0.495 e. The number of ether oxygens (including phenoxy) is 1. The quantitative estimate of drug-likeness (QED) is 0.262. The lowest BCUT2D eigenvalue weighted by atomic mass is 10.1. The van der Waals surface area contributed by atoms with Crippen molar-refractivity contribution < 1.29 is 9.84 Å². The molecule has 1 aliphatic rings. The molecule has 0 aliphatic carbocycles. The number of para-hydroxylation sites is 1. The van der Waals surface area contributed by atoms with Gasteiger partial charge in [-0.3, -0.25) is 4.99 Å². The van der Waals surface area contributed by atoms with Crippen molar-refractivity contribution in [1.29, 1.82) is 5.26 Å². The number of pyridine rings is 1. The SMILES string of the molecule is COc1c(C#N)cccc1-c1cc(C(C=NCc2cccc(N3CC[C@@H](O)C3)n2)=NN)nc(N)n1. The number of nitriles is 1. The zero-order valence-corrected chi connectivity index (χ0v) is 19.2. The number of nitrogens with two attached hydrogens (primary N) is 2. The summed E-state index contributed by atoms with van der Waals surface area (Å²) in [7, 11) is 1.49. The van der Waals surface area contributed by atoms with Crippen molar-refractivity contribution in [2.75, 3.05) is 30.8 Å². The Bertz CT molecular complexity index is 1320. The van der Waals surface area contributed by atoms with Gasteiger partial charge < -0.3 is 26.3 Å². The number of hydrogen-bond acceptors (Lipinski definition) is 11. The molecule has 11 heteroatoms. The summed E-state index contributed by atoms with van der Waals surface area (Å²) in [5.41, 5.74) is 8.80. The van der Waals surface area contributed by atoms with E-state index in [-0.39, 0.29) is 12.1 Å². The molecule has 3 heterocycles. The van der Waals surface area contributed by atoms with Gasteiger partial charge in [0.25, 0.3) is 0 Å². The average molecular weight is 472 g/mol. The van der Waals surface area contributed by atoms with Crippen molar-refractivity contribution >= 4 is 23.7 Å². The molecule has 1 fully saturated rings. The van der Waals surface area contributed by atoms with Gasteiger partial charge in [-0.05, 0) is 36.8 Å². The van der Waals surface area contributed by atoms with Crippen LogP contribution in [0.25, 0.3) is 11.3 Å². The van der Waals surface area contributed by atoms with Crippen molar-refractivity contribution in [3.05, 3.63) is 59.4 Å². The van der Waals surface area contributed by atoms with Crippen LogP contribution in [0.15, 0.2) is 52.6 Å². The first kappa shape index (κ1) is 23.6. The zero-order valence-electron chi connectivity index (χ0n) is 19.2. The van der Waals surface area contributed by atoms with Crippen LogP contribution in [0.2, 0.25) is 0 Å². The van der Waals surface area contributed by atoms with Gasteiger partial charge in [0.2, 0.25) is 5.95 Å². The molecule has 1 atom stereocenters. The highest BCUT2D eigenvalue weighted by Gasteiger charge is 2.21. The molecule has 2 aromatic heterocycles. The van der Waals surface area contributed by atoms with E-state index < -0.39 is 0 Å². The summed E-state index contributed by atoms with van der Waals surface area (Å²) < 4.78 is 5.43. The van der Waals surface area contributed by atoms with Gasteiger partial charge in [-0.1, -0.05) is 12.1 Å². The molecular weight excluding hydrogens is 446 g/mol. The number of β-amino-alcohol motifs (C(OH)–C–C–N with tert-alkyl or cyclic N) is 1.